The SMILES string of the molecule is CC1CCCCCN1Cc1cc(N)c2ccccc2n1. The molecular weight excluding hydrogens is 246 g/mol. The van der Waals surface area contributed by atoms with Crippen molar-refractivity contribution in [3.05, 3.63) is 36.0 Å². The molecule has 2 aromatic rings. The Hall–Kier alpha value is -1.61. The molecule has 0 radical (unpaired) electrons. The van der Waals surface area contributed by atoms with E-state index >= 15 is 0 Å². The normalized spacial score (nSPS) is 20.9. The number of anilines is 1. The second-order valence-corrected chi connectivity index (χ2v) is 5.89. The number of benzene rings is 1. The third-order valence-corrected chi connectivity index (χ3v) is 4.36. The van der Waals surface area contributed by atoms with Gasteiger partial charge in [-0.25, -0.2) is 0 Å². The molecule has 0 bridgehead atoms. The Morgan fingerprint density at radius 3 is 3.00 bits per heavy atom. The molecule has 0 aliphatic carbocycles. The minimum Gasteiger partial charge on any atom is -0.398 e. The lowest BCUT2D eigenvalue weighted by atomic mass is 10.1. The summed E-state index contributed by atoms with van der Waals surface area (Å²) in [4.78, 5) is 7.32. The highest BCUT2D eigenvalue weighted by Gasteiger charge is 2.17. The van der Waals surface area contributed by atoms with Crippen molar-refractivity contribution < 1.29 is 0 Å². The summed E-state index contributed by atoms with van der Waals surface area (Å²) in [7, 11) is 0. The van der Waals surface area contributed by atoms with Crippen LogP contribution in [0.4, 0.5) is 5.69 Å². The number of nitrogens with zero attached hydrogens (tertiary/aromatic N) is 2. The van der Waals surface area contributed by atoms with Crippen molar-refractivity contribution in [2.45, 2.75) is 45.2 Å². The number of rotatable bonds is 2. The first-order chi connectivity index (χ1) is 9.74. The molecular formula is C17H23N3. The summed E-state index contributed by atoms with van der Waals surface area (Å²) < 4.78 is 0. The highest BCUT2D eigenvalue weighted by molar-refractivity contribution is 5.90. The van der Waals surface area contributed by atoms with Gasteiger partial charge in [0.2, 0.25) is 0 Å². The van der Waals surface area contributed by atoms with Crippen LogP contribution in [0.15, 0.2) is 30.3 Å². The lowest BCUT2D eigenvalue weighted by Crippen LogP contribution is -2.32. The van der Waals surface area contributed by atoms with Crippen LogP contribution in [0.1, 0.15) is 38.3 Å². The van der Waals surface area contributed by atoms with E-state index in [1.54, 1.807) is 0 Å². The predicted octanol–water partition coefficient (Wildman–Crippen LogP) is 3.58. The predicted molar refractivity (Wildman–Crippen MR) is 84.5 cm³/mol. The van der Waals surface area contributed by atoms with Crippen molar-refractivity contribution in [3.8, 4) is 0 Å². The molecule has 0 saturated carbocycles. The van der Waals surface area contributed by atoms with Crippen molar-refractivity contribution in [2.75, 3.05) is 12.3 Å². The molecule has 1 aliphatic heterocycles. The van der Waals surface area contributed by atoms with E-state index in [0.717, 1.165) is 28.8 Å². The number of pyridine rings is 1. The first-order valence-electron chi connectivity index (χ1n) is 7.62. The van der Waals surface area contributed by atoms with Crippen molar-refractivity contribution in [1.29, 1.82) is 0 Å². The van der Waals surface area contributed by atoms with Crippen LogP contribution in [-0.2, 0) is 6.54 Å². The Kier molecular flexibility index (Phi) is 3.88. The number of fused-ring (bicyclic) bond motifs is 1. The van der Waals surface area contributed by atoms with E-state index < -0.39 is 0 Å². The zero-order valence-electron chi connectivity index (χ0n) is 12.2. The van der Waals surface area contributed by atoms with E-state index in [1.807, 2.05) is 30.3 Å². The first kappa shape index (κ1) is 13.4. The smallest absolute Gasteiger partial charge is 0.0726 e. The fourth-order valence-corrected chi connectivity index (χ4v) is 3.12. The van der Waals surface area contributed by atoms with Gasteiger partial charge in [-0.3, -0.25) is 9.88 Å². The van der Waals surface area contributed by atoms with Gasteiger partial charge in [0.05, 0.1) is 11.2 Å². The number of para-hydroxylation sites is 1. The molecule has 3 nitrogen and oxygen atoms in total. The van der Waals surface area contributed by atoms with Gasteiger partial charge in [0, 0.05) is 23.7 Å². The number of nitrogen functional groups attached to an aromatic ring is 1. The Morgan fingerprint density at radius 2 is 2.10 bits per heavy atom. The number of aromatic nitrogens is 1. The quantitative estimate of drug-likeness (QED) is 0.906. The molecule has 1 aliphatic rings. The average Bonchev–Trinajstić information content (AvgIpc) is 2.64. The van der Waals surface area contributed by atoms with Crippen LogP contribution in [0.3, 0.4) is 0 Å². The monoisotopic (exact) mass is 269 g/mol. The van der Waals surface area contributed by atoms with Crippen LogP contribution in [0.5, 0.6) is 0 Å². The Balaban J connectivity index is 1.86. The maximum atomic E-state index is 6.17. The van der Waals surface area contributed by atoms with Gasteiger partial charge in [-0.05, 0) is 38.4 Å². The minimum atomic E-state index is 0.645. The Morgan fingerprint density at radius 1 is 1.25 bits per heavy atom. The molecule has 0 spiro atoms. The van der Waals surface area contributed by atoms with Gasteiger partial charge in [-0.15, -0.1) is 0 Å². The third-order valence-electron chi connectivity index (χ3n) is 4.36. The standard InChI is InChI=1S/C17H23N3/c1-13-7-3-2-6-10-20(13)12-14-11-16(18)15-8-4-5-9-17(15)19-14/h4-5,8-9,11,13H,2-3,6-7,10,12H2,1H3,(H2,18,19). The summed E-state index contributed by atoms with van der Waals surface area (Å²) in [5, 5.41) is 1.06. The Bertz CT molecular complexity index is 594. The number of hydrogen-bond acceptors (Lipinski definition) is 3. The maximum Gasteiger partial charge on any atom is 0.0726 e. The average molecular weight is 269 g/mol. The van der Waals surface area contributed by atoms with Crippen LogP contribution < -0.4 is 5.73 Å². The highest BCUT2D eigenvalue weighted by Crippen LogP contribution is 2.23. The third kappa shape index (κ3) is 2.78. The van der Waals surface area contributed by atoms with Crippen LogP contribution in [0.25, 0.3) is 10.9 Å². The maximum absolute atomic E-state index is 6.17. The van der Waals surface area contributed by atoms with Crippen LogP contribution in [0.2, 0.25) is 0 Å². The molecule has 2 N–H and O–H groups in total. The summed E-state index contributed by atoms with van der Waals surface area (Å²) in [5.41, 5.74) is 9.11. The van der Waals surface area contributed by atoms with Crippen molar-refractivity contribution in [2.24, 2.45) is 0 Å². The molecule has 1 fully saturated rings. The summed E-state index contributed by atoms with van der Waals surface area (Å²) in [6.07, 6.45) is 5.30. The van der Waals surface area contributed by atoms with E-state index in [1.165, 1.54) is 32.2 Å². The fourth-order valence-electron chi connectivity index (χ4n) is 3.12. The summed E-state index contributed by atoms with van der Waals surface area (Å²) >= 11 is 0. The van der Waals surface area contributed by atoms with Crippen LogP contribution >= 0.6 is 0 Å². The van der Waals surface area contributed by atoms with Gasteiger partial charge in [-0.2, -0.15) is 0 Å². The van der Waals surface area contributed by atoms with Gasteiger partial charge in [0.25, 0.3) is 0 Å². The molecule has 3 heteroatoms. The van der Waals surface area contributed by atoms with Crippen LogP contribution in [0, 0.1) is 0 Å². The molecule has 3 rings (SSSR count). The lowest BCUT2D eigenvalue weighted by Gasteiger charge is -2.26. The van der Waals surface area contributed by atoms with Gasteiger partial charge in [-0.1, -0.05) is 31.0 Å². The van der Waals surface area contributed by atoms with Gasteiger partial charge in [0.1, 0.15) is 0 Å². The second-order valence-electron chi connectivity index (χ2n) is 5.89. The molecule has 1 atom stereocenters. The van der Waals surface area contributed by atoms with E-state index in [0.29, 0.717) is 6.04 Å². The molecule has 2 heterocycles. The van der Waals surface area contributed by atoms with Gasteiger partial charge in [0.15, 0.2) is 0 Å². The van der Waals surface area contributed by atoms with Crippen LogP contribution in [-0.4, -0.2) is 22.5 Å². The largest absolute Gasteiger partial charge is 0.398 e. The van der Waals surface area contributed by atoms with Gasteiger partial charge >= 0.3 is 0 Å². The van der Waals surface area contributed by atoms with E-state index in [2.05, 4.69) is 11.8 Å². The van der Waals surface area contributed by atoms with Crippen molar-refractivity contribution in [1.82, 2.24) is 9.88 Å². The molecule has 1 aromatic carbocycles. The number of hydrogen-bond donors (Lipinski definition) is 1. The molecule has 106 valence electrons. The van der Waals surface area contributed by atoms with Crippen molar-refractivity contribution in [3.63, 3.8) is 0 Å². The van der Waals surface area contributed by atoms with E-state index in [4.69, 9.17) is 10.7 Å². The molecule has 1 saturated heterocycles. The topological polar surface area (TPSA) is 42.1 Å². The van der Waals surface area contributed by atoms with Crippen molar-refractivity contribution >= 4 is 16.6 Å². The zero-order chi connectivity index (χ0) is 13.9. The Labute approximate surface area is 120 Å². The summed E-state index contributed by atoms with van der Waals surface area (Å²) in [6, 6.07) is 10.8. The summed E-state index contributed by atoms with van der Waals surface area (Å²) in [5.74, 6) is 0. The second kappa shape index (κ2) is 5.80. The highest BCUT2D eigenvalue weighted by atomic mass is 15.2. The zero-order valence-corrected chi connectivity index (χ0v) is 12.2. The first-order valence-corrected chi connectivity index (χ1v) is 7.62. The number of nitrogens with two attached hydrogens (primary N) is 1. The molecule has 0 amide bonds. The molecule has 1 aromatic heterocycles. The minimum absolute atomic E-state index is 0.645. The number of likely N-dealkylation sites (tertiary alicyclic amines) is 1. The molecule has 20 heavy (non-hydrogen) atoms. The molecule has 1 unspecified atom stereocenters. The van der Waals surface area contributed by atoms with Gasteiger partial charge < -0.3 is 5.73 Å². The fraction of sp³-hybridized carbons (Fsp3) is 0.471. The summed E-state index contributed by atoms with van der Waals surface area (Å²) in [6.45, 7) is 4.42. The van der Waals surface area contributed by atoms with E-state index in [-0.39, 0.29) is 0 Å². The lowest BCUT2D eigenvalue weighted by molar-refractivity contribution is 0.203. The van der Waals surface area contributed by atoms with E-state index in [9.17, 15) is 0 Å².